The zero-order valence-electron chi connectivity index (χ0n) is 14.6. The Balaban J connectivity index is 1.50. The van der Waals surface area contributed by atoms with Crippen molar-refractivity contribution in [1.29, 1.82) is 0 Å². The third-order valence-electron chi connectivity index (χ3n) is 4.63. The molecule has 1 aliphatic heterocycles. The summed E-state index contributed by atoms with van der Waals surface area (Å²) < 4.78 is 5.44. The maximum absolute atomic E-state index is 12.2. The van der Waals surface area contributed by atoms with Crippen molar-refractivity contribution in [2.75, 3.05) is 30.8 Å². The molecule has 1 amide bonds. The summed E-state index contributed by atoms with van der Waals surface area (Å²) in [4.78, 5) is 14.6. The Labute approximate surface area is 148 Å². The van der Waals surface area contributed by atoms with E-state index in [1.165, 1.54) is 0 Å². The Morgan fingerprint density at radius 3 is 2.52 bits per heavy atom. The summed E-state index contributed by atoms with van der Waals surface area (Å²) in [6.07, 6.45) is 2.27. The molecule has 1 heterocycles. The van der Waals surface area contributed by atoms with Crippen LogP contribution in [-0.4, -0.2) is 32.1 Å². The van der Waals surface area contributed by atoms with Crippen LogP contribution in [0.3, 0.4) is 0 Å². The Hall–Kier alpha value is -2.69. The number of para-hydroxylation sites is 2. The number of methoxy groups -OCH3 is 1. The molecule has 0 aliphatic carbocycles. The summed E-state index contributed by atoms with van der Waals surface area (Å²) in [5, 5.41) is 3.15. The minimum Gasteiger partial charge on any atom is -0.495 e. The number of carbonyl (C=O) groups is 1. The van der Waals surface area contributed by atoms with Gasteiger partial charge in [-0.1, -0.05) is 24.3 Å². The molecular weight excluding hydrogens is 314 g/mol. The van der Waals surface area contributed by atoms with Gasteiger partial charge in [0.25, 0.3) is 0 Å². The van der Waals surface area contributed by atoms with E-state index in [2.05, 4.69) is 16.3 Å². The van der Waals surface area contributed by atoms with Gasteiger partial charge < -0.3 is 20.7 Å². The third kappa shape index (κ3) is 4.44. The molecule has 2 aromatic rings. The van der Waals surface area contributed by atoms with Gasteiger partial charge in [-0.3, -0.25) is 4.79 Å². The first-order valence-electron chi connectivity index (χ1n) is 8.67. The lowest BCUT2D eigenvalue weighted by Crippen LogP contribution is -2.45. The number of piperidine rings is 1. The maximum Gasteiger partial charge on any atom is 0.224 e. The number of nitrogens with two attached hydrogens (primary N) is 1. The second kappa shape index (κ2) is 7.92. The first-order chi connectivity index (χ1) is 12.2. The van der Waals surface area contributed by atoms with Crippen LogP contribution in [-0.2, 0) is 11.2 Å². The van der Waals surface area contributed by atoms with Gasteiger partial charge in [-0.2, -0.15) is 0 Å². The zero-order valence-corrected chi connectivity index (χ0v) is 14.6. The molecule has 25 heavy (non-hydrogen) atoms. The van der Waals surface area contributed by atoms with Crippen LogP contribution in [0.4, 0.5) is 11.4 Å². The number of amides is 1. The lowest BCUT2D eigenvalue weighted by molar-refractivity contribution is -0.121. The van der Waals surface area contributed by atoms with Crippen molar-refractivity contribution in [1.82, 2.24) is 5.32 Å². The third-order valence-corrected chi connectivity index (χ3v) is 4.63. The van der Waals surface area contributed by atoms with Crippen LogP contribution in [0.15, 0.2) is 48.5 Å². The number of benzene rings is 2. The van der Waals surface area contributed by atoms with Crippen molar-refractivity contribution in [3.05, 3.63) is 54.1 Å². The fourth-order valence-corrected chi connectivity index (χ4v) is 3.26. The lowest BCUT2D eigenvalue weighted by atomic mass is 10.0. The quantitative estimate of drug-likeness (QED) is 0.822. The number of nitrogens with zero attached hydrogens (tertiary/aromatic N) is 1. The van der Waals surface area contributed by atoms with Gasteiger partial charge in [0, 0.05) is 24.8 Å². The fraction of sp³-hybridized carbons (Fsp3) is 0.350. The molecule has 0 bridgehead atoms. The molecule has 5 heteroatoms. The van der Waals surface area contributed by atoms with Crippen molar-refractivity contribution in [3.63, 3.8) is 0 Å². The van der Waals surface area contributed by atoms with Gasteiger partial charge in [-0.15, -0.1) is 0 Å². The molecule has 1 aliphatic rings. The van der Waals surface area contributed by atoms with Crippen LogP contribution in [0.1, 0.15) is 18.4 Å². The van der Waals surface area contributed by atoms with Crippen molar-refractivity contribution in [2.45, 2.75) is 25.3 Å². The highest BCUT2D eigenvalue weighted by Crippen LogP contribution is 2.29. The summed E-state index contributed by atoms with van der Waals surface area (Å²) in [7, 11) is 1.70. The summed E-state index contributed by atoms with van der Waals surface area (Å²) in [5.74, 6) is 0.967. The first kappa shape index (κ1) is 17.1. The average molecular weight is 339 g/mol. The number of anilines is 2. The smallest absolute Gasteiger partial charge is 0.224 e. The van der Waals surface area contributed by atoms with Crippen molar-refractivity contribution in [2.24, 2.45) is 0 Å². The van der Waals surface area contributed by atoms with E-state index in [4.69, 9.17) is 10.5 Å². The molecule has 3 rings (SSSR count). The standard InChI is InChI=1S/C20H25N3O2/c1-25-19-5-3-2-4-18(19)23-12-10-17(11-13-23)22-20(24)14-15-6-8-16(21)9-7-15/h2-9,17H,10-14,21H2,1H3,(H,22,24). The number of hydrogen-bond donors (Lipinski definition) is 2. The van der Waals surface area contributed by atoms with E-state index < -0.39 is 0 Å². The van der Waals surface area contributed by atoms with E-state index in [0.717, 1.165) is 42.9 Å². The normalized spacial score (nSPS) is 15.0. The lowest BCUT2D eigenvalue weighted by Gasteiger charge is -2.34. The highest BCUT2D eigenvalue weighted by atomic mass is 16.5. The van der Waals surface area contributed by atoms with E-state index in [0.29, 0.717) is 12.1 Å². The molecule has 0 radical (unpaired) electrons. The van der Waals surface area contributed by atoms with E-state index >= 15 is 0 Å². The molecule has 1 saturated heterocycles. The minimum absolute atomic E-state index is 0.0699. The Morgan fingerprint density at radius 2 is 1.84 bits per heavy atom. The number of hydrogen-bond acceptors (Lipinski definition) is 4. The molecule has 3 N–H and O–H groups in total. The van der Waals surface area contributed by atoms with Gasteiger partial charge >= 0.3 is 0 Å². The van der Waals surface area contributed by atoms with Gasteiger partial charge in [0.2, 0.25) is 5.91 Å². The second-order valence-electron chi connectivity index (χ2n) is 6.42. The molecule has 5 nitrogen and oxygen atoms in total. The summed E-state index contributed by atoms with van der Waals surface area (Å²) in [5.41, 5.74) is 8.50. The molecule has 0 aromatic heterocycles. The number of rotatable bonds is 5. The van der Waals surface area contributed by atoms with Crippen LogP contribution < -0.4 is 20.7 Å². The Kier molecular flexibility index (Phi) is 5.43. The molecular formula is C20H25N3O2. The molecule has 1 fully saturated rings. The predicted molar refractivity (Wildman–Crippen MR) is 101 cm³/mol. The maximum atomic E-state index is 12.2. The number of carbonyl (C=O) groups excluding carboxylic acids is 1. The van der Waals surface area contributed by atoms with E-state index in [-0.39, 0.29) is 11.9 Å². The topological polar surface area (TPSA) is 67.6 Å². The summed E-state index contributed by atoms with van der Waals surface area (Å²) in [6, 6.07) is 15.8. The molecule has 0 unspecified atom stereocenters. The van der Waals surface area contributed by atoms with Crippen molar-refractivity contribution < 1.29 is 9.53 Å². The largest absolute Gasteiger partial charge is 0.495 e. The van der Waals surface area contributed by atoms with Crippen molar-refractivity contribution >= 4 is 17.3 Å². The SMILES string of the molecule is COc1ccccc1N1CCC(NC(=O)Cc2ccc(N)cc2)CC1. The van der Waals surface area contributed by atoms with Crippen LogP contribution in [0, 0.1) is 0 Å². The average Bonchev–Trinajstić information content (AvgIpc) is 2.64. The van der Waals surface area contributed by atoms with Crippen LogP contribution in [0.25, 0.3) is 0 Å². The molecule has 0 spiro atoms. The zero-order chi connectivity index (χ0) is 17.6. The molecule has 2 aromatic carbocycles. The first-order valence-corrected chi connectivity index (χ1v) is 8.67. The highest BCUT2D eigenvalue weighted by Gasteiger charge is 2.22. The van der Waals surface area contributed by atoms with Crippen molar-refractivity contribution in [3.8, 4) is 5.75 Å². The summed E-state index contributed by atoms with van der Waals surface area (Å²) >= 11 is 0. The van der Waals surface area contributed by atoms with E-state index in [1.54, 1.807) is 7.11 Å². The number of nitrogen functional groups attached to an aromatic ring is 1. The Morgan fingerprint density at radius 1 is 1.16 bits per heavy atom. The predicted octanol–water partition coefficient (Wildman–Crippen LogP) is 2.61. The van der Waals surface area contributed by atoms with Gasteiger partial charge in [-0.25, -0.2) is 0 Å². The minimum atomic E-state index is 0.0699. The summed E-state index contributed by atoms with van der Waals surface area (Å²) in [6.45, 7) is 1.82. The monoisotopic (exact) mass is 339 g/mol. The van der Waals surface area contributed by atoms with Gasteiger partial charge in [0.15, 0.2) is 0 Å². The molecule has 132 valence electrons. The highest BCUT2D eigenvalue weighted by molar-refractivity contribution is 5.79. The Bertz CT molecular complexity index is 707. The van der Waals surface area contributed by atoms with Crippen LogP contribution >= 0.6 is 0 Å². The second-order valence-corrected chi connectivity index (χ2v) is 6.42. The fourth-order valence-electron chi connectivity index (χ4n) is 3.26. The molecule has 0 saturated carbocycles. The van der Waals surface area contributed by atoms with Gasteiger partial charge in [0.1, 0.15) is 5.75 Å². The van der Waals surface area contributed by atoms with Crippen LogP contribution in [0.5, 0.6) is 5.75 Å². The van der Waals surface area contributed by atoms with E-state index in [9.17, 15) is 4.79 Å². The van der Waals surface area contributed by atoms with Crippen LogP contribution in [0.2, 0.25) is 0 Å². The number of nitrogens with one attached hydrogen (secondary N) is 1. The van der Waals surface area contributed by atoms with Gasteiger partial charge in [-0.05, 0) is 42.7 Å². The molecule has 0 atom stereocenters. The van der Waals surface area contributed by atoms with Gasteiger partial charge in [0.05, 0.1) is 19.2 Å². The number of ether oxygens (including phenoxy) is 1. The van der Waals surface area contributed by atoms with E-state index in [1.807, 2.05) is 42.5 Å².